The summed E-state index contributed by atoms with van der Waals surface area (Å²) in [6.45, 7) is 1.18. The Balaban J connectivity index is 2.42. The Bertz CT molecular complexity index is 554. The van der Waals surface area contributed by atoms with Gasteiger partial charge in [0.2, 0.25) is 0 Å². The molecular formula is C10H14N2O5S. The largest absolute Gasteiger partial charge is 0.394 e. The molecule has 1 aliphatic heterocycles. The third-order valence-electron chi connectivity index (χ3n) is 2.94. The minimum absolute atomic E-state index is 0.0837. The quantitative estimate of drug-likeness (QED) is 0.506. The average Bonchev–Trinajstić information content (AvgIpc) is 2.61. The number of ether oxygens (including phenoxy) is 1. The van der Waals surface area contributed by atoms with Crippen molar-refractivity contribution in [2.75, 3.05) is 6.61 Å². The molecule has 2 heterocycles. The molecule has 0 amide bonds. The van der Waals surface area contributed by atoms with Crippen LogP contribution in [0, 0.1) is 11.7 Å². The van der Waals surface area contributed by atoms with Gasteiger partial charge < -0.3 is 20.1 Å². The molecule has 1 aromatic heterocycles. The predicted octanol–water partition coefficient (Wildman–Crippen LogP) is -1.17. The van der Waals surface area contributed by atoms with Crippen molar-refractivity contribution in [2.45, 2.75) is 31.5 Å². The van der Waals surface area contributed by atoms with Crippen LogP contribution in [0.15, 0.2) is 11.0 Å². The number of nitrogens with zero attached hydrogens (tertiary/aromatic N) is 1. The molecule has 2 rings (SSSR count). The van der Waals surface area contributed by atoms with E-state index in [1.165, 1.54) is 10.8 Å². The number of nitrogens with one attached hydrogen (secondary N) is 1. The zero-order valence-electron chi connectivity index (χ0n) is 9.61. The van der Waals surface area contributed by atoms with Crippen LogP contribution in [0.5, 0.6) is 0 Å². The summed E-state index contributed by atoms with van der Waals surface area (Å²) in [4.78, 5) is 13.8. The highest BCUT2D eigenvalue weighted by molar-refractivity contribution is 7.71. The van der Waals surface area contributed by atoms with Gasteiger partial charge in [0.25, 0.3) is 5.56 Å². The van der Waals surface area contributed by atoms with Gasteiger partial charge in [0.1, 0.15) is 18.3 Å². The number of aryl methyl sites for hydroxylation is 1. The van der Waals surface area contributed by atoms with E-state index in [1.807, 2.05) is 0 Å². The van der Waals surface area contributed by atoms with Crippen LogP contribution >= 0.6 is 12.2 Å². The number of H-pyrrole nitrogens is 1. The molecule has 1 fully saturated rings. The third-order valence-corrected chi connectivity index (χ3v) is 3.25. The zero-order chi connectivity index (χ0) is 13.4. The van der Waals surface area contributed by atoms with Crippen molar-refractivity contribution < 1.29 is 20.1 Å². The maximum absolute atomic E-state index is 11.3. The molecule has 4 atom stereocenters. The molecule has 0 aliphatic carbocycles. The average molecular weight is 274 g/mol. The number of aromatic nitrogens is 2. The fourth-order valence-corrected chi connectivity index (χ4v) is 2.13. The minimum atomic E-state index is -1.22. The Morgan fingerprint density at radius 1 is 1.50 bits per heavy atom. The van der Waals surface area contributed by atoms with E-state index in [-0.39, 0.29) is 10.3 Å². The Hall–Kier alpha value is -1.06. The van der Waals surface area contributed by atoms with Gasteiger partial charge in [-0.05, 0) is 19.1 Å². The Morgan fingerprint density at radius 2 is 2.17 bits per heavy atom. The fraction of sp³-hybridized carbons (Fsp3) is 0.600. The molecule has 1 saturated heterocycles. The number of hydrogen-bond acceptors (Lipinski definition) is 6. The molecule has 0 bridgehead atoms. The number of aliphatic hydroxyl groups excluding tert-OH is 3. The highest BCUT2D eigenvalue weighted by Gasteiger charge is 2.43. The molecule has 18 heavy (non-hydrogen) atoms. The molecule has 0 saturated carbocycles. The van der Waals surface area contributed by atoms with Crippen LogP contribution in [0.25, 0.3) is 0 Å². The molecule has 100 valence electrons. The van der Waals surface area contributed by atoms with E-state index in [9.17, 15) is 15.0 Å². The van der Waals surface area contributed by atoms with Gasteiger partial charge in [-0.2, -0.15) is 0 Å². The molecular weight excluding hydrogens is 260 g/mol. The van der Waals surface area contributed by atoms with E-state index >= 15 is 0 Å². The van der Waals surface area contributed by atoms with Crippen LogP contribution in [0.3, 0.4) is 0 Å². The first-order chi connectivity index (χ1) is 8.45. The molecule has 7 nitrogen and oxygen atoms in total. The Labute approximate surface area is 107 Å². The lowest BCUT2D eigenvalue weighted by Gasteiger charge is -2.18. The monoisotopic (exact) mass is 274 g/mol. The third kappa shape index (κ3) is 2.13. The lowest BCUT2D eigenvalue weighted by Crippen LogP contribution is -2.33. The van der Waals surface area contributed by atoms with Gasteiger partial charge in [0.05, 0.1) is 6.61 Å². The van der Waals surface area contributed by atoms with Crippen molar-refractivity contribution in [3.8, 4) is 0 Å². The summed E-state index contributed by atoms with van der Waals surface area (Å²) < 4.78 is 6.76. The van der Waals surface area contributed by atoms with Crippen molar-refractivity contribution >= 4 is 12.2 Å². The van der Waals surface area contributed by atoms with Crippen LogP contribution in [-0.4, -0.2) is 49.8 Å². The first-order valence-electron chi connectivity index (χ1n) is 5.40. The molecule has 0 unspecified atom stereocenters. The fourth-order valence-electron chi connectivity index (χ4n) is 1.88. The van der Waals surface area contributed by atoms with Crippen molar-refractivity contribution in [3.05, 3.63) is 26.9 Å². The molecule has 0 radical (unpaired) electrons. The number of rotatable bonds is 2. The summed E-state index contributed by atoms with van der Waals surface area (Å²) in [6.07, 6.45) is -2.78. The Morgan fingerprint density at radius 3 is 2.72 bits per heavy atom. The van der Waals surface area contributed by atoms with E-state index in [4.69, 9.17) is 22.1 Å². The minimum Gasteiger partial charge on any atom is -0.394 e. The second-order valence-electron chi connectivity index (χ2n) is 4.21. The second kappa shape index (κ2) is 4.90. The normalized spacial score (nSPS) is 31.8. The highest BCUT2D eigenvalue weighted by atomic mass is 32.1. The van der Waals surface area contributed by atoms with E-state index in [0.29, 0.717) is 5.56 Å². The van der Waals surface area contributed by atoms with E-state index < -0.39 is 31.1 Å². The maximum Gasteiger partial charge on any atom is 0.254 e. The van der Waals surface area contributed by atoms with Gasteiger partial charge >= 0.3 is 0 Å². The van der Waals surface area contributed by atoms with Crippen LogP contribution in [0.1, 0.15) is 11.8 Å². The number of hydrogen-bond donors (Lipinski definition) is 4. The van der Waals surface area contributed by atoms with Crippen molar-refractivity contribution in [2.24, 2.45) is 0 Å². The second-order valence-corrected chi connectivity index (χ2v) is 4.59. The smallest absolute Gasteiger partial charge is 0.254 e. The summed E-state index contributed by atoms with van der Waals surface area (Å²) in [7, 11) is 0. The van der Waals surface area contributed by atoms with Gasteiger partial charge in [-0.1, -0.05) is 0 Å². The molecule has 0 spiro atoms. The molecule has 8 heteroatoms. The summed E-state index contributed by atoms with van der Waals surface area (Å²) in [5.74, 6) is 0. The first-order valence-corrected chi connectivity index (χ1v) is 5.81. The number of aromatic amines is 1. The predicted molar refractivity (Wildman–Crippen MR) is 63.6 cm³/mol. The maximum atomic E-state index is 11.3. The van der Waals surface area contributed by atoms with E-state index in [1.54, 1.807) is 6.92 Å². The lowest BCUT2D eigenvalue weighted by atomic mass is 10.1. The van der Waals surface area contributed by atoms with Gasteiger partial charge in [0, 0.05) is 11.8 Å². The van der Waals surface area contributed by atoms with Gasteiger partial charge in [-0.3, -0.25) is 14.3 Å². The Kier molecular flexibility index (Phi) is 3.64. The number of aliphatic hydroxyl groups is 3. The van der Waals surface area contributed by atoms with Gasteiger partial charge in [-0.25, -0.2) is 0 Å². The van der Waals surface area contributed by atoms with E-state index in [0.717, 1.165) is 0 Å². The van der Waals surface area contributed by atoms with Crippen LogP contribution in [0.2, 0.25) is 0 Å². The van der Waals surface area contributed by atoms with Gasteiger partial charge in [0.15, 0.2) is 11.0 Å². The summed E-state index contributed by atoms with van der Waals surface area (Å²) in [5, 5.41) is 28.5. The van der Waals surface area contributed by atoms with Crippen LogP contribution in [-0.2, 0) is 4.74 Å². The summed E-state index contributed by atoms with van der Waals surface area (Å²) in [5.41, 5.74) is 0.0873. The van der Waals surface area contributed by atoms with Crippen LogP contribution in [0.4, 0.5) is 0 Å². The van der Waals surface area contributed by atoms with Crippen LogP contribution < -0.4 is 5.56 Å². The van der Waals surface area contributed by atoms with Gasteiger partial charge in [-0.15, -0.1) is 0 Å². The lowest BCUT2D eigenvalue weighted by molar-refractivity contribution is -0.0542. The summed E-state index contributed by atoms with van der Waals surface area (Å²) >= 11 is 4.97. The molecule has 1 aromatic rings. The van der Waals surface area contributed by atoms with Crippen molar-refractivity contribution in [3.63, 3.8) is 0 Å². The highest BCUT2D eigenvalue weighted by Crippen LogP contribution is 2.29. The first kappa shape index (κ1) is 13.4. The van der Waals surface area contributed by atoms with E-state index in [2.05, 4.69) is 4.98 Å². The molecule has 1 aliphatic rings. The topological polar surface area (TPSA) is 108 Å². The van der Waals surface area contributed by atoms with Crippen molar-refractivity contribution in [1.29, 1.82) is 0 Å². The van der Waals surface area contributed by atoms with Crippen molar-refractivity contribution in [1.82, 2.24) is 9.55 Å². The molecule has 4 N–H and O–H groups in total. The summed E-state index contributed by atoms with van der Waals surface area (Å²) in [6, 6.07) is 0. The standard InChI is InChI=1S/C10H14N2O5S/c1-4-2-12(10(18)11-8(4)16)9-7(15)6(14)5(3-13)17-9/h2,5-7,9,13-15H,3H2,1H3,(H,11,16,18)/t5-,6-,7-,9-/m0/s1. The molecule has 0 aromatic carbocycles. The SMILES string of the molecule is Cc1cn([C@H]2O[C@@H](CO)[C@H](O)[C@@H]2O)c(=S)[nH]c1=O. The zero-order valence-corrected chi connectivity index (χ0v) is 10.4.